The van der Waals surface area contributed by atoms with Crippen LogP contribution in [0, 0.1) is 11.8 Å². The van der Waals surface area contributed by atoms with Gasteiger partial charge >= 0.3 is 0 Å². The lowest BCUT2D eigenvalue weighted by atomic mass is 9.73. The number of hydrogen-bond acceptors (Lipinski definition) is 0. The van der Waals surface area contributed by atoms with Crippen LogP contribution in [0.2, 0.25) is 0 Å². The zero-order valence-electron chi connectivity index (χ0n) is 32.0. The Bertz CT molecular complexity index is 884. The van der Waals surface area contributed by atoms with Crippen LogP contribution in [0.3, 0.4) is 0 Å². The van der Waals surface area contributed by atoms with Crippen molar-refractivity contribution in [2.45, 2.75) is 155 Å². The largest absolute Gasteiger partial charge is 0.0683 e. The highest BCUT2D eigenvalue weighted by molar-refractivity contribution is 5.67. The summed E-state index contributed by atoms with van der Waals surface area (Å²) in [4.78, 5) is 0. The second-order valence-electron chi connectivity index (χ2n) is 10.1. The summed E-state index contributed by atoms with van der Waals surface area (Å²) < 4.78 is 0. The third-order valence-electron chi connectivity index (χ3n) is 6.48. The quantitative estimate of drug-likeness (QED) is 0.267. The minimum Gasteiger partial charge on any atom is -0.0683 e. The molecule has 0 N–H and O–H groups in total. The van der Waals surface area contributed by atoms with E-state index in [1.54, 1.807) is 5.56 Å². The van der Waals surface area contributed by atoms with Gasteiger partial charge in [0.25, 0.3) is 0 Å². The van der Waals surface area contributed by atoms with Gasteiger partial charge in [-0.05, 0) is 65.2 Å². The van der Waals surface area contributed by atoms with E-state index in [9.17, 15) is 0 Å². The number of rotatable bonds is 6. The Labute approximate surface area is 273 Å². The highest BCUT2D eigenvalue weighted by Crippen LogP contribution is 2.45. The molecule has 0 heterocycles. The Kier molecular flexibility index (Phi) is 37.8. The normalized spacial score (nSPS) is 11.7. The summed E-state index contributed by atoms with van der Waals surface area (Å²) in [5.74, 6) is 1.51. The first-order chi connectivity index (χ1) is 21.0. The standard InChI is InChI=1S/C16H18.C15H22.6C2H6/c1-13(2)12-15-10-6-7-11-16(15)14-8-4-3-5-9-14;1-13(2)12-15(10-6-7-11-15)14-8-4-3-5-9-14;6*1-2/h3-11,13H,12H2,1-2H3;3-5,8-9,13H,6-7,10-12H2,1-2H3;6*1-2H3. The van der Waals surface area contributed by atoms with Crippen LogP contribution in [0.4, 0.5) is 0 Å². The molecule has 0 spiro atoms. The molecule has 0 bridgehead atoms. The van der Waals surface area contributed by atoms with Crippen molar-refractivity contribution < 1.29 is 0 Å². The lowest BCUT2D eigenvalue weighted by Gasteiger charge is -2.31. The summed E-state index contributed by atoms with van der Waals surface area (Å²) in [7, 11) is 0. The molecular formula is C43H76. The molecule has 43 heavy (non-hydrogen) atoms. The smallest absolute Gasteiger partial charge is 0.00445 e. The average Bonchev–Trinajstić information content (AvgIpc) is 3.57. The van der Waals surface area contributed by atoms with Crippen molar-refractivity contribution in [3.8, 4) is 11.1 Å². The molecule has 0 aromatic heterocycles. The van der Waals surface area contributed by atoms with Gasteiger partial charge in [-0.15, -0.1) is 0 Å². The molecule has 0 unspecified atom stereocenters. The third kappa shape index (κ3) is 20.3. The van der Waals surface area contributed by atoms with Gasteiger partial charge in [0.1, 0.15) is 0 Å². The summed E-state index contributed by atoms with van der Waals surface area (Å²) >= 11 is 0. The fourth-order valence-electron chi connectivity index (χ4n) is 5.27. The first kappa shape index (κ1) is 47.6. The monoisotopic (exact) mass is 593 g/mol. The summed E-state index contributed by atoms with van der Waals surface area (Å²) in [6, 6.07) is 30.5. The minimum atomic E-state index is 0.509. The summed E-state index contributed by atoms with van der Waals surface area (Å²) in [5.41, 5.74) is 6.23. The first-order valence-corrected chi connectivity index (χ1v) is 18.2. The van der Waals surface area contributed by atoms with Crippen molar-refractivity contribution in [2.75, 3.05) is 0 Å². The second-order valence-corrected chi connectivity index (χ2v) is 10.1. The Balaban J connectivity index is -0.000000263. The van der Waals surface area contributed by atoms with Gasteiger partial charge in [-0.3, -0.25) is 0 Å². The van der Waals surface area contributed by atoms with E-state index in [0.29, 0.717) is 11.3 Å². The van der Waals surface area contributed by atoms with Crippen molar-refractivity contribution in [1.82, 2.24) is 0 Å². The lowest BCUT2D eigenvalue weighted by Crippen LogP contribution is -2.24. The zero-order valence-corrected chi connectivity index (χ0v) is 32.0. The Morgan fingerprint density at radius 2 is 0.884 bits per heavy atom. The summed E-state index contributed by atoms with van der Waals surface area (Å²) in [5, 5.41) is 0. The second kappa shape index (κ2) is 34.2. The molecule has 3 aromatic rings. The summed E-state index contributed by atoms with van der Waals surface area (Å²) in [6.07, 6.45) is 8.13. The Morgan fingerprint density at radius 3 is 1.30 bits per heavy atom. The van der Waals surface area contributed by atoms with E-state index in [-0.39, 0.29) is 0 Å². The van der Waals surface area contributed by atoms with E-state index in [1.165, 1.54) is 48.8 Å². The lowest BCUT2D eigenvalue weighted by molar-refractivity contribution is 0.346. The Morgan fingerprint density at radius 1 is 0.488 bits per heavy atom. The van der Waals surface area contributed by atoms with Crippen LogP contribution >= 0.6 is 0 Å². The molecule has 1 saturated carbocycles. The molecule has 0 nitrogen and oxygen atoms in total. The van der Waals surface area contributed by atoms with Crippen LogP contribution in [0.1, 0.15) is 154 Å². The maximum atomic E-state index is 2.35. The van der Waals surface area contributed by atoms with Gasteiger partial charge < -0.3 is 0 Å². The molecule has 0 amide bonds. The maximum absolute atomic E-state index is 2.35. The minimum absolute atomic E-state index is 0.509. The van der Waals surface area contributed by atoms with Crippen LogP contribution in [0.5, 0.6) is 0 Å². The molecule has 0 atom stereocenters. The topological polar surface area (TPSA) is 0 Å². The molecule has 0 saturated heterocycles. The first-order valence-electron chi connectivity index (χ1n) is 18.2. The average molecular weight is 593 g/mol. The van der Waals surface area contributed by atoms with Gasteiger partial charge in [0.2, 0.25) is 0 Å². The third-order valence-corrected chi connectivity index (χ3v) is 6.48. The molecule has 4 rings (SSSR count). The Hall–Kier alpha value is -2.34. The van der Waals surface area contributed by atoms with E-state index < -0.39 is 0 Å². The molecule has 0 aliphatic heterocycles. The van der Waals surface area contributed by atoms with E-state index in [0.717, 1.165) is 12.3 Å². The van der Waals surface area contributed by atoms with Crippen molar-refractivity contribution in [3.63, 3.8) is 0 Å². The van der Waals surface area contributed by atoms with Crippen LogP contribution in [-0.2, 0) is 11.8 Å². The van der Waals surface area contributed by atoms with Crippen molar-refractivity contribution in [2.24, 2.45) is 11.8 Å². The van der Waals surface area contributed by atoms with Crippen LogP contribution in [0.15, 0.2) is 84.9 Å². The molecular weight excluding hydrogens is 516 g/mol. The molecule has 0 heteroatoms. The van der Waals surface area contributed by atoms with Gasteiger partial charge in [-0.1, -0.05) is 209 Å². The van der Waals surface area contributed by atoms with E-state index in [4.69, 9.17) is 0 Å². The van der Waals surface area contributed by atoms with E-state index in [1.807, 2.05) is 83.1 Å². The zero-order chi connectivity index (χ0) is 34.1. The predicted octanol–water partition coefficient (Wildman–Crippen LogP) is 15.3. The summed E-state index contributed by atoms with van der Waals surface area (Å²) in [6.45, 7) is 33.2. The number of hydrogen-bond donors (Lipinski definition) is 0. The predicted molar refractivity (Wildman–Crippen MR) is 205 cm³/mol. The van der Waals surface area contributed by atoms with Gasteiger partial charge in [-0.2, -0.15) is 0 Å². The molecule has 0 radical (unpaired) electrons. The molecule has 248 valence electrons. The van der Waals surface area contributed by atoms with Crippen molar-refractivity contribution in [1.29, 1.82) is 0 Å². The van der Waals surface area contributed by atoms with Gasteiger partial charge in [0.05, 0.1) is 0 Å². The molecule has 3 aromatic carbocycles. The van der Waals surface area contributed by atoms with Crippen LogP contribution in [-0.4, -0.2) is 0 Å². The molecule has 1 aliphatic carbocycles. The maximum Gasteiger partial charge on any atom is -0.00445 e. The highest BCUT2D eigenvalue weighted by Gasteiger charge is 2.35. The van der Waals surface area contributed by atoms with Crippen molar-refractivity contribution in [3.05, 3.63) is 96.1 Å². The fourth-order valence-corrected chi connectivity index (χ4v) is 5.27. The van der Waals surface area contributed by atoms with Gasteiger partial charge in [-0.25, -0.2) is 0 Å². The van der Waals surface area contributed by atoms with E-state index in [2.05, 4.69) is 113 Å². The fraction of sp³-hybridized carbons (Fsp3) is 0.581. The molecule has 1 aliphatic rings. The van der Waals surface area contributed by atoms with E-state index >= 15 is 0 Å². The van der Waals surface area contributed by atoms with Crippen molar-refractivity contribution >= 4 is 0 Å². The molecule has 1 fully saturated rings. The van der Waals surface area contributed by atoms with Gasteiger partial charge in [0, 0.05) is 0 Å². The van der Waals surface area contributed by atoms with Crippen LogP contribution < -0.4 is 0 Å². The SMILES string of the molecule is CC.CC.CC.CC.CC.CC.CC(C)CC1(c2ccccc2)CCCC1.CC(C)Cc1ccccc1-c1ccccc1. The van der Waals surface area contributed by atoms with Crippen LogP contribution in [0.25, 0.3) is 11.1 Å². The highest BCUT2D eigenvalue weighted by atomic mass is 14.4. The van der Waals surface area contributed by atoms with Gasteiger partial charge in [0.15, 0.2) is 0 Å². The number of benzene rings is 3.